The Labute approximate surface area is 151 Å². The molecule has 1 amide bonds. The fraction of sp³-hybridized carbons (Fsp3) is 0.238. The molecule has 0 saturated carbocycles. The van der Waals surface area contributed by atoms with Gasteiger partial charge < -0.3 is 14.5 Å². The predicted octanol–water partition coefficient (Wildman–Crippen LogP) is 3.31. The monoisotopic (exact) mass is 351 g/mol. The number of hydrogen-bond acceptors (Lipinski definition) is 4. The first-order valence-corrected chi connectivity index (χ1v) is 8.60. The Bertz CT molecular complexity index is 933. The van der Waals surface area contributed by atoms with Crippen LogP contribution in [0.1, 0.15) is 18.9 Å². The van der Waals surface area contributed by atoms with Crippen LogP contribution in [-0.2, 0) is 11.2 Å². The number of nitrogens with one attached hydrogen (secondary N) is 1. The summed E-state index contributed by atoms with van der Waals surface area (Å²) in [5.41, 5.74) is 1.27. The molecule has 2 aromatic carbocycles. The first-order valence-electron chi connectivity index (χ1n) is 8.60. The molecule has 0 unspecified atom stereocenters. The second-order valence-electron chi connectivity index (χ2n) is 6.24. The summed E-state index contributed by atoms with van der Waals surface area (Å²) in [5.74, 6) is 0.305. The molecule has 0 aliphatic heterocycles. The Kier molecular flexibility index (Phi) is 5.69. The van der Waals surface area contributed by atoms with E-state index in [1.165, 1.54) is 11.6 Å². The van der Waals surface area contributed by atoms with Crippen LogP contribution in [-0.4, -0.2) is 18.6 Å². The molecule has 0 bridgehead atoms. The highest BCUT2D eigenvalue weighted by atomic mass is 16.5. The second-order valence-corrected chi connectivity index (χ2v) is 6.24. The van der Waals surface area contributed by atoms with Gasteiger partial charge in [-0.05, 0) is 43.5 Å². The molecule has 0 fully saturated rings. The topological polar surface area (TPSA) is 68.5 Å². The number of rotatable bonds is 7. The van der Waals surface area contributed by atoms with Crippen LogP contribution in [0, 0.1) is 0 Å². The maximum absolute atomic E-state index is 12.0. The van der Waals surface area contributed by atoms with E-state index in [2.05, 4.69) is 17.4 Å². The van der Waals surface area contributed by atoms with E-state index in [0.29, 0.717) is 11.3 Å². The SMILES string of the molecule is C[C@@H](CCc1ccccc1)NC(=O)COc1ccc2ccc(=O)oc2c1. The van der Waals surface area contributed by atoms with Crippen molar-refractivity contribution in [3.8, 4) is 5.75 Å². The summed E-state index contributed by atoms with van der Waals surface area (Å²) in [4.78, 5) is 23.3. The first kappa shape index (κ1) is 17.7. The van der Waals surface area contributed by atoms with Gasteiger partial charge in [-0.1, -0.05) is 30.3 Å². The van der Waals surface area contributed by atoms with Crippen molar-refractivity contribution in [1.82, 2.24) is 5.32 Å². The molecule has 0 saturated heterocycles. The fourth-order valence-electron chi connectivity index (χ4n) is 2.70. The molecular weight excluding hydrogens is 330 g/mol. The minimum Gasteiger partial charge on any atom is -0.484 e. The van der Waals surface area contributed by atoms with Crippen molar-refractivity contribution in [2.24, 2.45) is 0 Å². The Morgan fingerprint density at radius 1 is 1.12 bits per heavy atom. The standard InChI is InChI=1S/C21H21NO4/c1-15(7-8-16-5-3-2-4-6-16)22-20(23)14-25-18-11-9-17-10-12-21(24)26-19(17)13-18/h2-6,9-13,15H,7-8,14H2,1H3,(H,22,23)/t15-/m0/s1. The van der Waals surface area contributed by atoms with E-state index in [-0.39, 0.29) is 18.6 Å². The van der Waals surface area contributed by atoms with E-state index >= 15 is 0 Å². The third-order valence-corrected chi connectivity index (χ3v) is 4.08. The summed E-state index contributed by atoms with van der Waals surface area (Å²) in [7, 11) is 0. The maximum Gasteiger partial charge on any atom is 0.336 e. The van der Waals surface area contributed by atoms with E-state index < -0.39 is 5.63 Å². The lowest BCUT2D eigenvalue weighted by Crippen LogP contribution is -2.36. The van der Waals surface area contributed by atoms with Crippen molar-refractivity contribution in [2.75, 3.05) is 6.61 Å². The molecule has 0 aliphatic rings. The first-order chi connectivity index (χ1) is 12.6. The number of benzene rings is 2. The van der Waals surface area contributed by atoms with E-state index in [1.54, 1.807) is 24.3 Å². The van der Waals surface area contributed by atoms with Crippen LogP contribution in [0.4, 0.5) is 0 Å². The van der Waals surface area contributed by atoms with Crippen LogP contribution in [0.5, 0.6) is 5.75 Å². The van der Waals surface area contributed by atoms with Crippen LogP contribution in [0.15, 0.2) is 69.9 Å². The summed E-state index contributed by atoms with van der Waals surface area (Å²) in [5, 5.41) is 3.73. The van der Waals surface area contributed by atoms with Gasteiger partial charge >= 0.3 is 5.63 Å². The molecule has 3 rings (SSSR count). The molecular formula is C21H21NO4. The fourth-order valence-corrected chi connectivity index (χ4v) is 2.70. The van der Waals surface area contributed by atoms with Gasteiger partial charge in [-0.15, -0.1) is 0 Å². The molecule has 5 nitrogen and oxygen atoms in total. The van der Waals surface area contributed by atoms with Gasteiger partial charge in [0.25, 0.3) is 5.91 Å². The van der Waals surface area contributed by atoms with Gasteiger partial charge in [0.15, 0.2) is 6.61 Å². The van der Waals surface area contributed by atoms with Crippen LogP contribution in [0.25, 0.3) is 11.0 Å². The summed E-state index contributed by atoms with van der Waals surface area (Å²) in [6.45, 7) is 1.89. The van der Waals surface area contributed by atoms with Crippen molar-refractivity contribution in [3.05, 3.63) is 76.6 Å². The molecule has 0 aliphatic carbocycles. The quantitative estimate of drug-likeness (QED) is 0.663. The highest BCUT2D eigenvalue weighted by Crippen LogP contribution is 2.19. The number of carbonyl (C=O) groups is 1. The number of hydrogen-bond donors (Lipinski definition) is 1. The Hall–Kier alpha value is -3.08. The van der Waals surface area contributed by atoms with Gasteiger partial charge in [0, 0.05) is 23.6 Å². The van der Waals surface area contributed by atoms with Gasteiger partial charge in [-0.25, -0.2) is 4.79 Å². The molecule has 1 N–H and O–H groups in total. The van der Waals surface area contributed by atoms with E-state index in [9.17, 15) is 9.59 Å². The highest BCUT2D eigenvalue weighted by Gasteiger charge is 2.09. The number of carbonyl (C=O) groups excluding carboxylic acids is 1. The number of amides is 1. The van der Waals surface area contributed by atoms with Crippen molar-refractivity contribution in [1.29, 1.82) is 0 Å². The smallest absolute Gasteiger partial charge is 0.336 e. The zero-order valence-electron chi connectivity index (χ0n) is 14.6. The Balaban J connectivity index is 1.48. The van der Waals surface area contributed by atoms with Crippen molar-refractivity contribution < 1.29 is 13.9 Å². The van der Waals surface area contributed by atoms with Crippen molar-refractivity contribution >= 4 is 16.9 Å². The average Bonchev–Trinajstić information content (AvgIpc) is 2.65. The minimum atomic E-state index is -0.417. The number of aryl methyl sites for hydroxylation is 1. The molecule has 1 aromatic heterocycles. The number of ether oxygens (including phenoxy) is 1. The highest BCUT2D eigenvalue weighted by molar-refractivity contribution is 5.79. The number of fused-ring (bicyclic) bond motifs is 1. The molecule has 0 spiro atoms. The van der Waals surface area contributed by atoms with E-state index in [4.69, 9.17) is 9.15 Å². The average molecular weight is 351 g/mol. The largest absolute Gasteiger partial charge is 0.484 e. The molecule has 26 heavy (non-hydrogen) atoms. The Morgan fingerprint density at radius 2 is 1.88 bits per heavy atom. The van der Waals surface area contributed by atoms with Gasteiger partial charge in [0.05, 0.1) is 0 Å². The maximum atomic E-state index is 12.0. The van der Waals surface area contributed by atoms with Crippen LogP contribution in [0.3, 0.4) is 0 Å². The zero-order valence-corrected chi connectivity index (χ0v) is 14.6. The van der Waals surface area contributed by atoms with Crippen molar-refractivity contribution in [2.45, 2.75) is 25.8 Å². The summed E-state index contributed by atoms with van der Waals surface area (Å²) >= 11 is 0. The minimum absolute atomic E-state index is 0.0564. The molecule has 1 atom stereocenters. The predicted molar refractivity (Wildman–Crippen MR) is 100 cm³/mol. The summed E-state index contributed by atoms with van der Waals surface area (Å²) in [6, 6.07) is 18.4. The van der Waals surface area contributed by atoms with Gasteiger partial charge in [-0.3, -0.25) is 4.79 Å². The van der Waals surface area contributed by atoms with E-state index in [1.807, 2.05) is 25.1 Å². The lowest BCUT2D eigenvalue weighted by molar-refractivity contribution is -0.123. The normalized spacial score (nSPS) is 11.9. The summed E-state index contributed by atoms with van der Waals surface area (Å²) < 4.78 is 10.6. The molecule has 5 heteroatoms. The van der Waals surface area contributed by atoms with E-state index in [0.717, 1.165) is 18.2 Å². The molecule has 1 heterocycles. The lowest BCUT2D eigenvalue weighted by atomic mass is 10.1. The molecule has 0 radical (unpaired) electrons. The Morgan fingerprint density at radius 3 is 2.69 bits per heavy atom. The van der Waals surface area contributed by atoms with Crippen molar-refractivity contribution in [3.63, 3.8) is 0 Å². The van der Waals surface area contributed by atoms with Crippen LogP contribution < -0.4 is 15.7 Å². The molecule has 134 valence electrons. The summed E-state index contributed by atoms with van der Waals surface area (Å²) in [6.07, 6.45) is 1.77. The third kappa shape index (κ3) is 4.96. The van der Waals surface area contributed by atoms with Gasteiger partial charge in [-0.2, -0.15) is 0 Å². The van der Waals surface area contributed by atoms with Gasteiger partial charge in [0.2, 0.25) is 0 Å². The van der Waals surface area contributed by atoms with Crippen LogP contribution in [0.2, 0.25) is 0 Å². The second kappa shape index (κ2) is 8.34. The van der Waals surface area contributed by atoms with Gasteiger partial charge in [0.1, 0.15) is 11.3 Å². The molecule has 3 aromatic rings. The zero-order chi connectivity index (χ0) is 18.4. The lowest BCUT2D eigenvalue weighted by Gasteiger charge is -2.14. The van der Waals surface area contributed by atoms with Crippen LogP contribution >= 0.6 is 0 Å². The third-order valence-electron chi connectivity index (χ3n) is 4.08.